The number of phenols is 1. The summed E-state index contributed by atoms with van der Waals surface area (Å²) in [4.78, 5) is 11.8. The number of phenolic OH excluding ortho intramolecular Hbond substituents is 1. The van der Waals surface area contributed by atoms with Crippen LogP contribution in [0.1, 0.15) is 25.8 Å². The molecule has 0 saturated carbocycles. The summed E-state index contributed by atoms with van der Waals surface area (Å²) in [5, 5.41) is 19.3. The fraction of sp³-hybridized carbons (Fsp3) is 0.312. The van der Waals surface area contributed by atoms with Crippen molar-refractivity contribution in [3.63, 3.8) is 0 Å². The summed E-state index contributed by atoms with van der Waals surface area (Å²) in [7, 11) is 0. The zero-order valence-electron chi connectivity index (χ0n) is 11.1. The number of benzene rings is 1. The third-order valence-corrected chi connectivity index (χ3v) is 4.13. The van der Waals surface area contributed by atoms with Crippen LogP contribution < -0.4 is 0 Å². The van der Waals surface area contributed by atoms with Crippen LogP contribution in [0.15, 0.2) is 48.6 Å². The van der Waals surface area contributed by atoms with Gasteiger partial charge in [0.25, 0.3) is 0 Å². The lowest BCUT2D eigenvalue weighted by molar-refractivity contribution is -0.149. The fourth-order valence-corrected chi connectivity index (χ4v) is 2.66. The summed E-state index contributed by atoms with van der Waals surface area (Å²) >= 11 is 0. The smallest absolute Gasteiger partial charge is 0.314 e. The molecule has 1 aromatic rings. The molecule has 0 spiro atoms. The molecule has 3 nitrogen and oxygen atoms in total. The van der Waals surface area contributed by atoms with Gasteiger partial charge in [0, 0.05) is 5.41 Å². The highest BCUT2D eigenvalue weighted by Gasteiger charge is 2.50. The van der Waals surface area contributed by atoms with Crippen molar-refractivity contribution in [3.05, 3.63) is 54.1 Å². The Kier molecular flexibility index (Phi) is 3.23. The van der Waals surface area contributed by atoms with E-state index < -0.39 is 16.8 Å². The number of aliphatic carboxylic acids is 1. The molecule has 0 saturated heterocycles. The van der Waals surface area contributed by atoms with E-state index in [9.17, 15) is 15.0 Å². The largest absolute Gasteiger partial charge is 0.508 e. The zero-order valence-corrected chi connectivity index (χ0v) is 11.1. The summed E-state index contributed by atoms with van der Waals surface area (Å²) in [5.41, 5.74) is -0.802. The molecule has 0 radical (unpaired) electrons. The number of hydrogen-bond donors (Lipinski definition) is 2. The van der Waals surface area contributed by atoms with Crippen molar-refractivity contribution >= 4 is 5.97 Å². The first-order valence-electron chi connectivity index (χ1n) is 6.27. The number of carboxylic acid groups (broad SMARTS) is 1. The second-order valence-corrected chi connectivity index (χ2v) is 5.44. The van der Waals surface area contributed by atoms with Crippen LogP contribution in [0.3, 0.4) is 0 Å². The van der Waals surface area contributed by atoms with E-state index >= 15 is 0 Å². The van der Waals surface area contributed by atoms with Crippen LogP contribution in [0.25, 0.3) is 0 Å². The number of carbonyl (C=O) groups is 1. The molecule has 0 heterocycles. The topological polar surface area (TPSA) is 57.5 Å². The SMILES string of the molecule is CC(C)(c1cccc(O)c1)C1(C(=O)O)C=CC=CC1. The van der Waals surface area contributed by atoms with Crippen LogP contribution in [0.5, 0.6) is 5.75 Å². The van der Waals surface area contributed by atoms with Gasteiger partial charge in [0.15, 0.2) is 0 Å². The first-order chi connectivity index (χ1) is 8.90. The van der Waals surface area contributed by atoms with E-state index in [0.717, 1.165) is 5.56 Å². The fourth-order valence-electron chi connectivity index (χ4n) is 2.66. The summed E-state index contributed by atoms with van der Waals surface area (Å²) in [6.45, 7) is 3.80. The maximum Gasteiger partial charge on any atom is 0.314 e. The van der Waals surface area contributed by atoms with Crippen molar-refractivity contribution in [2.75, 3.05) is 0 Å². The summed E-state index contributed by atoms with van der Waals surface area (Å²) < 4.78 is 0. The van der Waals surface area contributed by atoms with Gasteiger partial charge in [-0.3, -0.25) is 4.79 Å². The van der Waals surface area contributed by atoms with Crippen molar-refractivity contribution in [3.8, 4) is 5.75 Å². The van der Waals surface area contributed by atoms with Gasteiger partial charge in [-0.15, -0.1) is 0 Å². The minimum atomic E-state index is -0.991. The second kappa shape index (κ2) is 4.57. The predicted octanol–water partition coefficient (Wildman–Crippen LogP) is 3.26. The van der Waals surface area contributed by atoms with Crippen LogP contribution in [0, 0.1) is 5.41 Å². The number of aromatic hydroxyl groups is 1. The lowest BCUT2D eigenvalue weighted by Gasteiger charge is -2.42. The quantitative estimate of drug-likeness (QED) is 0.875. The van der Waals surface area contributed by atoms with E-state index in [1.165, 1.54) is 0 Å². The molecule has 1 atom stereocenters. The van der Waals surface area contributed by atoms with Gasteiger partial charge in [0.1, 0.15) is 5.75 Å². The molecular formula is C16H18O3. The average molecular weight is 258 g/mol. The van der Waals surface area contributed by atoms with Crippen LogP contribution in [-0.2, 0) is 10.2 Å². The van der Waals surface area contributed by atoms with Gasteiger partial charge in [0.2, 0.25) is 0 Å². The van der Waals surface area contributed by atoms with E-state index in [1.54, 1.807) is 30.4 Å². The van der Waals surface area contributed by atoms with Crippen molar-refractivity contribution in [1.29, 1.82) is 0 Å². The molecule has 1 unspecified atom stereocenters. The minimum absolute atomic E-state index is 0.154. The van der Waals surface area contributed by atoms with Crippen LogP contribution >= 0.6 is 0 Å². The molecule has 1 aliphatic carbocycles. The highest BCUT2D eigenvalue weighted by atomic mass is 16.4. The number of allylic oxidation sites excluding steroid dienone is 3. The Bertz CT molecular complexity index is 555. The van der Waals surface area contributed by atoms with Gasteiger partial charge in [-0.05, 0) is 24.1 Å². The predicted molar refractivity (Wildman–Crippen MR) is 74.1 cm³/mol. The van der Waals surface area contributed by atoms with Crippen molar-refractivity contribution in [2.45, 2.75) is 25.7 Å². The van der Waals surface area contributed by atoms with E-state index in [-0.39, 0.29) is 5.75 Å². The molecule has 0 aromatic heterocycles. The first-order valence-corrected chi connectivity index (χ1v) is 6.27. The molecular weight excluding hydrogens is 240 g/mol. The first kappa shape index (κ1) is 13.4. The minimum Gasteiger partial charge on any atom is -0.508 e. The molecule has 0 fully saturated rings. The molecule has 3 heteroatoms. The molecule has 19 heavy (non-hydrogen) atoms. The Labute approximate surface area is 112 Å². The molecule has 0 bridgehead atoms. The number of hydrogen-bond acceptors (Lipinski definition) is 2. The van der Waals surface area contributed by atoms with Gasteiger partial charge in [-0.25, -0.2) is 0 Å². The highest BCUT2D eigenvalue weighted by Crippen LogP contribution is 2.47. The summed E-state index contributed by atoms with van der Waals surface area (Å²) in [5.74, 6) is -0.692. The Morgan fingerprint density at radius 1 is 1.32 bits per heavy atom. The van der Waals surface area contributed by atoms with Crippen molar-refractivity contribution < 1.29 is 15.0 Å². The Balaban J connectivity index is 2.55. The van der Waals surface area contributed by atoms with E-state index in [1.807, 2.05) is 32.1 Å². The van der Waals surface area contributed by atoms with E-state index in [0.29, 0.717) is 6.42 Å². The van der Waals surface area contributed by atoms with Crippen molar-refractivity contribution in [2.24, 2.45) is 5.41 Å². The lowest BCUT2D eigenvalue weighted by Crippen LogP contribution is -2.46. The maximum absolute atomic E-state index is 11.8. The van der Waals surface area contributed by atoms with Gasteiger partial charge >= 0.3 is 5.97 Å². The number of carboxylic acids is 1. The molecule has 2 N–H and O–H groups in total. The van der Waals surface area contributed by atoms with Crippen LogP contribution in [0.2, 0.25) is 0 Å². The van der Waals surface area contributed by atoms with Crippen LogP contribution in [0.4, 0.5) is 0 Å². The highest BCUT2D eigenvalue weighted by molar-refractivity contribution is 5.80. The van der Waals surface area contributed by atoms with E-state index in [4.69, 9.17) is 0 Å². The van der Waals surface area contributed by atoms with Crippen molar-refractivity contribution in [1.82, 2.24) is 0 Å². The van der Waals surface area contributed by atoms with Crippen LogP contribution in [-0.4, -0.2) is 16.2 Å². The molecule has 0 aliphatic heterocycles. The van der Waals surface area contributed by atoms with Gasteiger partial charge < -0.3 is 10.2 Å². The summed E-state index contributed by atoms with van der Waals surface area (Å²) in [6.07, 6.45) is 7.71. The third kappa shape index (κ3) is 2.05. The molecule has 0 amide bonds. The summed E-state index contributed by atoms with van der Waals surface area (Å²) in [6, 6.07) is 6.82. The molecule has 100 valence electrons. The number of rotatable bonds is 3. The van der Waals surface area contributed by atoms with E-state index in [2.05, 4.69) is 0 Å². The molecule has 1 aromatic carbocycles. The third-order valence-electron chi connectivity index (χ3n) is 4.13. The molecule has 2 rings (SSSR count). The Morgan fingerprint density at radius 2 is 2.05 bits per heavy atom. The zero-order chi connectivity index (χ0) is 14.1. The monoisotopic (exact) mass is 258 g/mol. The van der Waals surface area contributed by atoms with Gasteiger partial charge in [-0.2, -0.15) is 0 Å². The van der Waals surface area contributed by atoms with Gasteiger partial charge in [0.05, 0.1) is 5.41 Å². The Morgan fingerprint density at radius 3 is 2.58 bits per heavy atom. The van der Waals surface area contributed by atoms with Gasteiger partial charge in [-0.1, -0.05) is 50.3 Å². The normalized spacial score (nSPS) is 22.4. The Hall–Kier alpha value is -2.03. The average Bonchev–Trinajstić information content (AvgIpc) is 2.39. The maximum atomic E-state index is 11.8. The lowest BCUT2D eigenvalue weighted by atomic mass is 9.59. The second-order valence-electron chi connectivity index (χ2n) is 5.44. The standard InChI is InChI=1S/C16H18O3/c1-15(2,12-7-6-8-13(17)11-12)16(14(18)19)9-4-3-5-10-16/h3-9,11,17H,10H2,1-2H3,(H,18,19). The molecule has 1 aliphatic rings.